The predicted molar refractivity (Wildman–Crippen MR) is 132 cm³/mol. The van der Waals surface area contributed by atoms with Crippen molar-refractivity contribution in [2.45, 2.75) is 82.6 Å². The van der Waals surface area contributed by atoms with Gasteiger partial charge in [-0.25, -0.2) is 15.0 Å². The van der Waals surface area contributed by atoms with Gasteiger partial charge in [0.1, 0.15) is 22.4 Å². The van der Waals surface area contributed by atoms with Crippen molar-refractivity contribution in [2.24, 2.45) is 5.41 Å². The second-order valence-electron chi connectivity index (χ2n) is 10.3. The molecular formula is C24H29N5O3S2. The maximum Gasteiger partial charge on any atom is 0.220 e. The lowest BCUT2D eigenvalue weighted by Gasteiger charge is -2.42. The highest BCUT2D eigenvalue weighted by molar-refractivity contribution is 7.84. The van der Waals surface area contributed by atoms with E-state index in [9.17, 15) is 4.21 Å². The Bertz CT molecular complexity index is 1340. The zero-order valence-corrected chi connectivity index (χ0v) is 21.7. The molecule has 3 aliphatic rings. The van der Waals surface area contributed by atoms with E-state index in [-0.39, 0.29) is 11.5 Å². The molecule has 34 heavy (non-hydrogen) atoms. The van der Waals surface area contributed by atoms with Gasteiger partial charge in [-0.05, 0) is 65.9 Å². The Labute approximate surface area is 205 Å². The second-order valence-corrected chi connectivity index (χ2v) is 12.6. The van der Waals surface area contributed by atoms with E-state index in [1.54, 1.807) is 23.8 Å². The second kappa shape index (κ2) is 7.49. The average molecular weight is 500 g/mol. The molecule has 1 N–H and O–H groups in total. The van der Waals surface area contributed by atoms with Crippen molar-refractivity contribution in [1.82, 2.24) is 19.9 Å². The summed E-state index contributed by atoms with van der Waals surface area (Å²) in [6.45, 7) is 7.84. The van der Waals surface area contributed by atoms with E-state index >= 15 is 0 Å². The molecule has 3 unspecified atom stereocenters. The van der Waals surface area contributed by atoms with Crippen molar-refractivity contribution in [3.8, 4) is 10.6 Å². The quantitative estimate of drug-likeness (QED) is 0.515. The molecule has 3 fully saturated rings. The van der Waals surface area contributed by atoms with E-state index in [4.69, 9.17) is 19.4 Å². The van der Waals surface area contributed by atoms with Crippen molar-refractivity contribution in [3.63, 3.8) is 0 Å². The van der Waals surface area contributed by atoms with Crippen LogP contribution in [0.5, 0.6) is 0 Å². The largest absolute Gasteiger partial charge is 0.342 e. The van der Waals surface area contributed by atoms with Crippen LogP contribution in [0, 0.1) is 19.3 Å². The van der Waals surface area contributed by atoms with Crippen LogP contribution in [-0.2, 0) is 20.3 Å². The lowest BCUT2D eigenvalue weighted by molar-refractivity contribution is -0.160. The Morgan fingerprint density at radius 1 is 1.12 bits per heavy atom. The van der Waals surface area contributed by atoms with Gasteiger partial charge in [0.25, 0.3) is 0 Å². The van der Waals surface area contributed by atoms with Crippen molar-refractivity contribution in [2.75, 3.05) is 11.6 Å². The van der Waals surface area contributed by atoms with Gasteiger partial charge >= 0.3 is 0 Å². The monoisotopic (exact) mass is 499 g/mol. The van der Waals surface area contributed by atoms with Crippen LogP contribution >= 0.6 is 11.3 Å². The molecular weight excluding hydrogens is 470 g/mol. The van der Waals surface area contributed by atoms with Gasteiger partial charge in [0.05, 0.1) is 32.5 Å². The van der Waals surface area contributed by atoms with Crippen LogP contribution in [0.1, 0.15) is 57.3 Å². The number of aryl methyl sites for hydroxylation is 2. The van der Waals surface area contributed by atoms with E-state index in [2.05, 4.69) is 15.3 Å². The number of nitrogens with zero attached hydrogens (tertiary/aromatic N) is 4. The van der Waals surface area contributed by atoms with Crippen LogP contribution in [0.25, 0.3) is 20.8 Å². The minimum absolute atomic E-state index is 0.0655. The zero-order chi connectivity index (χ0) is 23.9. The predicted octanol–water partition coefficient (Wildman–Crippen LogP) is 4.73. The molecule has 4 heterocycles. The topological polar surface area (TPSA) is 99.1 Å². The third-order valence-corrected chi connectivity index (χ3v) is 9.02. The van der Waals surface area contributed by atoms with Gasteiger partial charge in [-0.15, -0.1) is 11.3 Å². The molecule has 3 aromatic heterocycles. The molecule has 8 nitrogen and oxygen atoms in total. The van der Waals surface area contributed by atoms with Gasteiger partial charge < -0.3 is 14.8 Å². The standard InChI is InChI=1S/C24H29N5O3S2/c1-13-16(19-27-17-14(2)25-12-7-15(17)33-19)18(28-21(26-13)34(5)30)29-24-9-6-8-23(10-11-23)20(24)31-22(3,4)32-24/h7,12,20H,6,8-11H2,1-5H3,(H,26,28,29). The molecule has 0 aromatic carbocycles. The number of hydrogen-bond acceptors (Lipinski definition) is 9. The molecule has 10 heteroatoms. The van der Waals surface area contributed by atoms with E-state index in [1.807, 2.05) is 33.8 Å². The van der Waals surface area contributed by atoms with Crippen molar-refractivity contribution >= 4 is 38.2 Å². The van der Waals surface area contributed by atoms with Crippen LogP contribution in [0.15, 0.2) is 17.4 Å². The highest BCUT2D eigenvalue weighted by Gasteiger charge is 2.67. The van der Waals surface area contributed by atoms with E-state index in [1.165, 1.54) is 0 Å². The molecule has 2 saturated carbocycles. The number of hydrogen-bond donors (Lipinski definition) is 1. The molecule has 0 amide bonds. The summed E-state index contributed by atoms with van der Waals surface area (Å²) in [4.78, 5) is 18.6. The first kappa shape index (κ1) is 22.5. The third kappa shape index (κ3) is 3.49. The number of aromatic nitrogens is 4. The summed E-state index contributed by atoms with van der Waals surface area (Å²) in [5, 5.41) is 4.79. The zero-order valence-electron chi connectivity index (χ0n) is 20.1. The summed E-state index contributed by atoms with van der Waals surface area (Å²) in [5.74, 6) is -0.0964. The SMILES string of the molecule is Cc1nc(S(C)=O)nc(NC23CCCC4(CC4)C2OC(C)(C)O3)c1-c1nc2c(C)nccc2s1. The fourth-order valence-electron chi connectivity index (χ4n) is 5.67. The van der Waals surface area contributed by atoms with Gasteiger partial charge in [0, 0.05) is 17.9 Å². The smallest absolute Gasteiger partial charge is 0.220 e. The number of nitrogens with one attached hydrogen (secondary N) is 1. The molecule has 0 bridgehead atoms. The molecule has 3 atom stereocenters. The van der Waals surface area contributed by atoms with Gasteiger partial charge in [-0.1, -0.05) is 0 Å². The lowest BCUT2D eigenvalue weighted by Crippen LogP contribution is -2.54. The number of anilines is 1. The van der Waals surface area contributed by atoms with Gasteiger partial charge in [0.15, 0.2) is 11.5 Å². The summed E-state index contributed by atoms with van der Waals surface area (Å²) in [6, 6.07) is 1.98. The number of thiazole rings is 1. The van der Waals surface area contributed by atoms with E-state index in [0.29, 0.717) is 11.0 Å². The lowest BCUT2D eigenvalue weighted by atomic mass is 9.77. The van der Waals surface area contributed by atoms with Gasteiger partial charge in [-0.3, -0.25) is 9.19 Å². The summed E-state index contributed by atoms with van der Waals surface area (Å²) in [6.07, 6.45) is 8.69. The highest BCUT2D eigenvalue weighted by atomic mass is 32.2. The van der Waals surface area contributed by atoms with Crippen LogP contribution in [0.2, 0.25) is 0 Å². The average Bonchev–Trinajstić information content (AvgIpc) is 3.27. The first-order chi connectivity index (χ1) is 16.1. The minimum atomic E-state index is -1.33. The summed E-state index contributed by atoms with van der Waals surface area (Å²) >= 11 is 1.58. The first-order valence-corrected chi connectivity index (χ1v) is 14.1. The molecule has 0 radical (unpaired) electrons. The summed E-state index contributed by atoms with van der Waals surface area (Å²) < 4.78 is 26.6. The van der Waals surface area contributed by atoms with Crippen LogP contribution in [0.3, 0.4) is 0 Å². The van der Waals surface area contributed by atoms with E-state index in [0.717, 1.165) is 64.3 Å². The third-order valence-electron chi connectivity index (χ3n) is 7.28. The number of fused-ring (bicyclic) bond motifs is 3. The molecule has 1 saturated heterocycles. The maximum atomic E-state index is 12.4. The fraction of sp³-hybridized carbons (Fsp3) is 0.583. The van der Waals surface area contributed by atoms with Crippen LogP contribution in [-0.4, -0.2) is 48.0 Å². The first-order valence-electron chi connectivity index (χ1n) is 11.7. The highest BCUT2D eigenvalue weighted by Crippen LogP contribution is 2.64. The van der Waals surface area contributed by atoms with Crippen LogP contribution < -0.4 is 5.32 Å². The Kier molecular flexibility index (Phi) is 4.95. The Morgan fingerprint density at radius 3 is 2.62 bits per heavy atom. The summed E-state index contributed by atoms with van der Waals surface area (Å²) in [5.41, 5.74) is 2.77. The Morgan fingerprint density at radius 2 is 1.91 bits per heavy atom. The molecule has 3 aromatic rings. The minimum Gasteiger partial charge on any atom is -0.342 e. The number of pyridine rings is 1. The number of rotatable bonds is 4. The van der Waals surface area contributed by atoms with Gasteiger partial charge in [-0.2, -0.15) is 0 Å². The van der Waals surface area contributed by atoms with E-state index < -0.39 is 22.3 Å². The molecule has 1 spiro atoms. The molecule has 180 valence electrons. The Balaban J connectivity index is 1.51. The number of ether oxygens (including phenoxy) is 2. The molecule has 1 aliphatic heterocycles. The Hall–Kier alpha value is -2.01. The molecule has 2 aliphatic carbocycles. The van der Waals surface area contributed by atoms with Gasteiger partial charge in [0.2, 0.25) is 5.16 Å². The van der Waals surface area contributed by atoms with Crippen molar-refractivity contribution in [3.05, 3.63) is 23.7 Å². The maximum absolute atomic E-state index is 12.4. The summed E-state index contributed by atoms with van der Waals surface area (Å²) in [7, 11) is -1.33. The fourth-order valence-corrected chi connectivity index (χ4v) is 7.26. The van der Waals surface area contributed by atoms with Crippen molar-refractivity contribution in [1.29, 1.82) is 0 Å². The van der Waals surface area contributed by atoms with Crippen LogP contribution in [0.4, 0.5) is 5.82 Å². The molecule has 6 rings (SSSR count). The van der Waals surface area contributed by atoms with Crippen molar-refractivity contribution < 1.29 is 13.7 Å². The normalized spacial score (nSPS) is 27.6.